The minimum Gasteiger partial charge on any atom is -0.331 e. The highest BCUT2D eigenvalue weighted by atomic mass is 35.5. The minimum atomic E-state index is 0.468. The van der Waals surface area contributed by atoms with Crippen molar-refractivity contribution in [1.29, 1.82) is 0 Å². The van der Waals surface area contributed by atoms with Crippen molar-refractivity contribution < 1.29 is 0 Å². The first-order chi connectivity index (χ1) is 9.10. The molecule has 3 rings (SSSR count). The van der Waals surface area contributed by atoms with Gasteiger partial charge in [0.1, 0.15) is 0 Å². The first kappa shape index (κ1) is 13.8. The summed E-state index contributed by atoms with van der Waals surface area (Å²) in [5.74, 6) is 0. The average Bonchev–Trinajstić information content (AvgIpc) is 2.94. The number of nitrogens with zero attached hydrogens (tertiary/aromatic N) is 1. The second-order valence-corrected chi connectivity index (χ2v) is 7.25. The zero-order chi connectivity index (χ0) is 13.6. The fourth-order valence-corrected chi connectivity index (χ4v) is 4.31. The van der Waals surface area contributed by atoms with Crippen molar-refractivity contribution in [2.45, 2.75) is 30.6 Å². The molecule has 0 aliphatic heterocycles. The number of rotatable bonds is 2. The number of H-pyrrole nitrogens is 1. The van der Waals surface area contributed by atoms with Crippen LogP contribution in [0.25, 0.3) is 11.0 Å². The summed E-state index contributed by atoms with van der Waals surface area (Å²) in [4.78, 5) is 3.23. The molecule has 1 fully saturated rings. The van der Waals surface area contributed by atoms with Crippen LogP contribution in [0.2, 0.25) is 10.0 Å². The van der Waals surface area contributed by atoms with Crippen LogP contribution in [0.15, 0.2) is 12.1 Å². The Morgan fingerprint density at radius 3 is 2.74 bits per heavy atom. The Bertz CT molecular complexity index is 677. The summed E-state index contributed by atoms with van der Waals surface area (Å²) in [6, 6.07) is 4.24. The highest BCUT2D eigenvalue weighted by molar-refractivity contribution is 7.99. The van der Waals surface area contributed by atoms with Gasteiger partial charge >= 0.3 is 0 Å². The lowest BCUT2D eigenvalue weighted by Crippen LogP contribution is -2.06. The third-order valence-electron chi connectivity index (χ3n) is 3.81. The van der Waals surface area contributed by atoms with Crippen LogP contribution >= 0.6 is 47.2 Å². The van der Waals surface area contributed by atoms with Crippen molar-refractivity contribution in [2.24, 2.45) is 0 Å². The molecule has 2 atom stereocenters. The van der Waals surface area contributed by atoms with Crippen LogP contribution < -0.4 is 0 Å². The number of imidazole rings is 1. The molecule has 1 N–H and O–H groups in total. The largest absolute Gasteiger partial charge is 0.331 e. The number of fused-ring (bicyclic) bond motifs is 1. The van der Waals surface area contributed by atoms with Crippen LogP contribution in [0.5, 0.6) is 0 Å². The second-order valence-electron chi connectivity index (χ2n) is 4.91. The molecule has 102 valence electrons. The van der Waals surface area contributed by atoms with Gasteiger partial charge in [-0.05, 0) is 49.9 Å². The molecule has 1 aromatic carbocycles. The molecule has 0 spiro atoms. The number of hydrogen-bond acceptors (Lipinski definition) is 2. The van der Waals surface area contributed by atoms with Crippen LogP contribution in [-0.4, -0.2) is 21.1 Å². The molecule has 0 amide bonds. The summed E-state index contributed by atoms with van der Waals surface area (Å²) in [6.07, 6.45) is 5.77. The van der Waals surface area contributed by atoms with E-state index in [1.165, 1.54) is 19.3 Å². The van der Waals surface area contributed by atoms with E-state index in [-0.39, 0.29) is 0 Å². The van der Waals surface area contributed by atoms with Gasteiger partial charge in [-0.25, -0.2) is 0 Å². The SMILES string of the molecule is CSC1CCC(n2c(=S)[nH]c3cc(Cl)c(Cl)cc32)C1. The molecule has 2 unspecified atom stereocenters. The number of aromatic amines is 1. The van der Waals surface area contributed by atoms with Crippen LogP contribution in [0.1, 0.15) is 25.3 Å². The van der Waals surface area contributed by atoms with Crippen molar-refractivity contribution >= 4 is 58.2 Å². The Labute approximate surface area is 131 Å². The zero-order valence-corrected chi connectivity index (χ0v) is 13.6. The molecule has 0 bridgehead atoms. The van der Waals surface area contributed by atoms with E-state index in [4.69, 9.17) is 35.4 Å². The molecule has 2 nitrogen and oxygen atoms in total. The van der Waals surface area contributed by atoms with Gasteiger partial charge < -0.3 is 9.55 Å². The van der Waals surface area contributed by atoms with Gasteiger partial charge in [-0.15, -0.1) is 0 Å². The Hall–Kier alpha value is -0.160. The highest BCUT2D eigenvalue weighted by Crippen LogP contribution is 2.39. The van der Waals surface area contributed by atoms with E-state index in [2.05, 4.69) is 15.8 Å². The summed E-state index contributed by atoms with van der Waals surface area (Å²) in [5, 5.41) is 1.88. The standard InChI is InChI=1S/C13H14Cl2N2S2/c1-19-8-3-2-7(4-8)17-12-6-10(15)9(14)5-11(12)16-13(17)18/h5-8H,2-4H2,1H3,(H,16,18). The highest BCUT2D eigenvalue weighted by Gasteiger charge is 2.27. The predicted octanol–water partition coefficient (Wildman–Crippen LogP) is 5.46. The van der Waals surface area contributed by atoms with Gasteiger partial charge in [0.15, 0.2) is 4.77 Å². The minimum absolute atomic E-state index is 0.468. The topological polar surface area (TPSA) is 20.7 Å². The van der Waals surface area contributed by atoms with E-state index < -0.39 is 0 Å². The van der Waals surface area contributed by atoms with Gasteiger partial charge in [-0.2, -0.15) is 11.8 Å². The molecule has 1 saturated carbocycles. The second kappa shape index (κ2) is 5.32. The lowest BCUT2D eigenvalue weighted by molar-refractivity contribution is 0.527. The molecule has 19 heavy (non-hydrogen) atoms. The normalized spacial score (nSPS) is 23.3. The Balaban J connectivity index is 2.11. The number of benzene rings is 1. The van der Waals surface area contributed by atoms with Gasteiger partial charge in [0.05, 0.1) is 21.1 Å². The monoisotopic (exact) mass is 332 g/mol. The van der Waals surface area contributed by atoms with Crippen LogP contribution in [0.4, 0.5) is 0 Å². The first-order valence-corrected chi connectivity index (χ1v) is 8.67. The first-order valence-electron chi connectivity index (χ1n) is 6.22. The van der Waals surface area contributed by atoms with E-state index >= 15 is 0 Å². The van der Waals surface area contributed by atoms with Crippen molar-refractivity contribution in [2.75, 3.05) is 6.26 Å². The number of aromatic nitrogens is 2. The summed E-state index contributed by atoms with van der Waals surface area (Å²) < 4.78 is 2.98. The van der Waals surface area contributed by atoms with Gasteiger partial charge in [0.25, 0.3) is 0 Å². The summed E-state index contributed by atoms with van der Waals surface area (Å²) in [7, 11) is 0. The maximum absolute atomic E-state index is 6.13. The summed E-state index contributed by atoms with van der Waals surface area (Å²) in [5.41, 5.74) is 2.03. The molecule has 1 aliphatic rings. The number of thioether (sulfide) groups is 1. The van der Waals surface area contributed by atoms with Gasteiger partial charge in [-0.1, -0.05) is 23.2 Å². The number of halogens is 2. The van der Waals surface area contributed by atoms with Crippen molar-refractivity contribution in [1.82, 2.24) is 9.55 Å². The molecule has 0 saturated heterocycles. The molecule has 1 aliphatic carbocycles. The maximum atomic E-state index is 6.13. The van der Waals surface area contributed by atoms with Crippen molar-refractivity contribution in [3.8, 4) is 0 Å². The average molecular weight is 333 g/mol. The van der Waals surface area contributed by atoms with Gasteiger partial charge in [-0.3, -0.25) is 0 Å². The number of nitrogens with one attached hydrogen (secondary N) is 1. The Morgan fingerprint density at radius 1 is 1.32 bits per heavy atom. The molecule has 2 aromatic rings. The third kappa shape index (κ3) is 2.44. The molecule has 0 radical (unpaired) electrons. The maximum Gasteiger partial charge on any atom is 0.178 e. The van der Waals surface area contributed by atoms with Crippen LogP contribution in [-0.2, 0) is 0 Å². The van der Waals surface area contributed by atoms with Crippen molar-refractivity contribution in [3.05, 3.63) is 26.9 Å². The molecular weight excluding hydrogens is 319 g/mol. The van der Waals surface area contributed by atoms with E-state index in [1.807, 2.05) is 23.9 Å². The summed E-state index contributed by atoms with van der Waals surface area (Å²) in [6.45, 7) is 0. The quantitative estimate of drug-likeness (QED) is 0.736. The van der Waals surface area contributed by atoms with Gasteiger partial charge in [0.2, 0.25) is 0 Å². The molecule has 1 heterocycles. The number of hydrogen-bond donors (Lipinski definition) is 1. The van der Waals surface area contributed by atoms with Gasteiger partial charge in [0, 0.05) is 11.3 Å². The van der Waals surface area contributed by atoms with E-state index in [1.54, 1.807) is 0 Å². The fourth-order valence-electron chi connectivity index (χ4n) is 2.85. The van der Waals surface area contributed by atoms with Crippen LogP contribution in [0.3, 0.4) is 0 Å². The predicted molar refractivity (Wildman–Crippen MR) is 87.3 cm³/mol. The van der Waals surface area contributed by atoms with Crippen molar-refractivity contribution in [3.63, 3.8) is 0 Å². The Kier molecular flexibility index (Phi) is 3.87. The molecular formula is C13H14Cl2N2S2. The zero-order valence-electron chi connectivity index (χ0n) is 10.5. The lowest BCUT2D eigenvalue weighted by atomic mass is 10.2. The fraction of sp³-hybridized carbons (Fsp3) is 0.462. The molecule has 1 aromatic heterocycles. The van der Waals surface area contributed by atoms with E-state index in [9.17, 15) is 0 Å². The molecule has 6 heteroatoms. The summed E-state index contributed by atoms with van der Waals surface area (Å²) >= 11 is 19.6. The van der Waals surface area contributed by atoms with E-state index in [0.29, 0.717) is 16.1 Å². The Morgan fingerprint density at radius 2 is 2.05 bits per heavy atom. The lowest BCUT2D eigenvalue weighted by Gasteiger charge is -2.13. The third-order valence-corrected chi connectivity index (χ3v) is 5.93. The smallest absolute Gasteiger partial charge is 0.178 e. The van der Waals surface area contributed by atoms with E-state index in [0.717, 1.165) is 21.1 Å². The van der Waals surface area contributed by atoms with Crippen LogP contribution in [0, 0.1) is 4.77 Å².